The molecule has 0 bridgehead atoms. The van der Waals surface area contributed by atoms with Crippen LogP contribution in [0.1, 0.15) is 58.8 Å². The summed E-state index contributed by atoms with van der Waals surface area (Å²) in [7, 11) is 1.46. The van der Waals surface area contributed by atoms with Crippen LogP contribution in [0.4, 0.5) is 0 Å². The lowest BCUT2D eigenvalue weighted by molar-refractivity contribution is -0.147. The lowest BCUT2D eigenvalue weighted by Crippen LogP contribution is -2.54. The van der Waals surface area contributed by atoms with E-state index in [1.807, 2.05) is 13.8 Å². The SMILES string of the molecule is COC(=O)C(C)(C)NC1CCC2CCCCC2C1. The van der Waals surface area contributed by atoms with Gasteiger partial charge in [-0.2, -0.15) is 0 Å². The Balaban J connectivity index is 1.89. The Morgan fingerprint density at radius 1 is 1.11 bits per heavy atom. The predicted molar refractivity (Wildman–Crippen MR) is 72.3 cm³/mol. The Morgan fingerprint density at radius 3 is 2.44 bits per heavy atom. The Bertz CT molecular complexity index is 301. The summed E-state index contributed by atoms with van der Waals surface area (Å²) in [6.07, 6.45) is 9.42. The third-order valence-corrected chi connectivity index (χ3v) is 4.80. The van der Waals surface area contributed by atoms with Crippen LogP contribution in [-0.4, -0.2) is 24.7 Å². The van der Waals surface area contributed by atoms with Gasteiger partial charge in [-0.15, -0.1) is 0 Å². The number of carbonyl (C=O) groups is 1. The maximum absolute atomic E-state index is 11.7. The first kappa shape index (κ1) is 13.9. The fourth-order valence-electron chi connectivity index (χ4n) is 3.83. The van der Waals surface area contributed by atoms with Gasteiger partial charge in [0.25, 0.3) is 0 Å². The van der Waals surface area contributed by atoms with Gasteiger partial charge in [0, 0.05) is 6.04 Å². The third-order valence-electron chi connectivity index (χ3n) is 4.80. The van der Waals surface area contributed by atoms with Crippen LogP contribution in [0.5, 0.6) is 0 Å². The number of ether oxygens (including phenoxy) is 1. The molecule has 0 aromatic carbocycles. The van der Waals surface area contributed by atoms with Crippen LogP contribution in [0.3, 0.4) is 0 Å². The normalized spacial score (nSPS) is 32.7. The number of nitrogens with one attached hydrogen (secondary N) is 1. The molecule has 3 nitrogen and oxygen atoms in total. The van der Waals surface area contributed by atoms with Gasteiger partial charge in [-0.1, -0.05) is 25.7 Å². The van der Waals surface area contributed by atoms with Crippen molar-refractivity contribution in [3.8, 4) is 0 Å². The van der Waals surface area contributed by atoms with Crippen molar-refractivity contribution in [1.82, 2.24) is 5.32 Å². The van der Waals surface area contributed by atoms with Gasteiger partial charge in [0.1, 0.15) is 5.54 Å². The second-order valence-corrected chi connectivity index (χ2v) is 6.58. The lowest BCUT2D eigenvalue weighted by Gasteiger charge is -2.41. The average molecular weight is 253 g/mol. The van der Waals surface area contributed by atoms with E-state index < -0.39 is 5.54 Å². The Morgan fingerprint density at radius 2 is 1.78 bits per heavy atom. The summed E-state index contributed by atoms with van der Waals surface area (Å²) in [4.78, 5) is 11.7. The van der Waals surface area contributed by atoms with Gasteiger partial charge in [-0.3, -0.25) is 10.1 Å². The molecule has 2 rings (SSSR count). The van der Waals surface area contributed by atoms with E-state index in [0.717, 1.165) is 11.8 Å². The monoisotopic (exact) mass is 253 g/mol. The summed E-state index contributed by atoms with van der Waals surface area (Å²) in [5.74, 6) is 1.68. The molecule has 0 aromatic rings. The van der Waals surface area contributed by atoms with Crippen LogP contribution in [0, 0.1) is 11.8 Å². The molecular formula is C15H27NO2. The standard InChI is InChI=1S/C15H27NO2/c1-15(2,14(17)18-3)16-13-9-8-11-6-4-5-7-12(11)10-13/h11-13,16H,4-10H2,1-3H3. The van der Waals surface area contributed by atoms with E-state index in [9.17, 15) is 4.79 Å². The van der Waals surface area contributed by atoms with Crippen molar-refractivity contribution in [1.29, 1.82) is 0 Å². The molecule has 2 aliphatic rings. The molecule has 1 N–H and O–H groups in total. The second kappa shape index (κ2) is 5.60. The Labute approximate surface area is 111 Å². The van der Waals surface area contributed by atoms with E-state index in [-0.39, 0.29) is 5.97 Å². The van der Waals surface area contributed by atoms with Crippen molar-refractivity contribution in [3.05, 3.63) is 0 Å². The molecular weight excluding hydrogens is 226 g/mol. The van der Waals surface area contributed by atoms with Crippen molar-refractivity contribution in [3.63, 3.8) is 0 Å². The van der Waals surface area contributed by atoms with E-state index in [1.54, 1.807) is 0 Å². The maximum Gasteiger partial charge on any atom is 0.325 e. The zero-order chi connectivity index (χ0) is 13.2. The Hall–Kier alpha value is -0.570. The number of methoxy groups -OCH3 is 1. The van der Waals surface area contributed by atoms with E-state index in [4.69, 9.17) is 4.74 Å². The molecule has 0 spiro atoms. The lowest BCUT2D eigenvalue weighted by atomic mass is 9.69. The molecule has 3 atom stereocenters. The molecule has 0 saturated heterocycles. The van der Waals surface area contributed by atoms with Gasteiger partial charge >= 0.3 is 5.97 Å². The smallest absolute Gasteiger partial charge is 0.325 e. The maximum atomic E-state index is 11.7. The van der Waals surface area contributed by atoms with Crippen LogP contribution in [0.25, 0.3) is 0 Å². The van der Waals surface area contributed by atoms with Crippen LogP contribution in [0.15, 0.2) is 0 Å². The van der Waals surface area contributed by atoms with Gasteiger partial charge in [0.2, 0.25) is 0 Å². The van der Waals surface area contributed by atoms with E-state index in [0.29, 0.717) is 6.04 Å². The zero-order valence-corrected chi connectivity index (χ0v) is 12.0. The molecule has 18 heavy (non-hydrogen) atoms. The number of esters is 1. The molecule has 0 heterocycles. The van der Waals surface area contributed by atoms with Gasteiger partial charge in [-0.25, -0.2) is 0 Å². The first-order chi connectivity index (χ1) is 8.53. The first-order valence-corrected chi connectivity index (χ1v) is 7.39. The van der Waals surface area contributed by atoms with E-state index in [1.165, 1.54) is 52.1 Å². The molecule has 2 aliphatic carbocycles. The molecule has 2 saturated carbocycles. The van der Waals surface area contributed by atoms with E-state index >= 15 is 0 Å². The summed E-state index contributed by atoms with van der Waals surface area (Å²) in [6, 6.07) is 0.485. The van der Waals surface area contributed by atoms with Gasteiger partial charge in [-0.05, 0) is 44.9 Å². The van der Waals surface area contributed by atoms with Gasteiger partial charge in [0.15, 0.2) is 0 Å². The van der Waals surface area contributed by atoms with Crippen molar-refractivity contribution in [2.75, 3.05) is 7.11 Å². The van der Waals surface area contributed by atoms with Crippen molar-refractivity contribution < 1.29 is 9.53 Å². The number of rotatable bonds is 3. The molecule has 0 aliphatic heterocycles. The minimum Gasteiger partial charge on any atom is -0.468 e. The summed E-state index contributed by atoms with van der Waals surface area (Å²) in [5.41, 5.74) is -0.555. The summed E-state index contributed by atoms with van der Waals surface area (Å²) >= 11 is 0. The first-order valence-electron chi connectivity index (χ1n) is 7.39. The van der Waals surface area contributed by atoms with Gasteiger partial charge < -0.3 is 4.74 Å². The predicted octanol–water partition coefficient (Wildman–Crippen LogP) is 2.89. The average Bonchev–Trinajstić information content (AvgIpc) is 2.37. The quantitative estimate of drug-likeness (QED) is 0.786. The molecule has 0 amide bonds. The summed E-state index contributed by atoms with van der Waals surface area (Å²) in [6.45, 7) is 3.84. The highest BCUT2D eigenvalue weighted by Gasteiger charge is 2.36. The topological polar surface area (TPSA) is 38.3 Å². The number of hydrogen-bond donors (Lipinski definition) is 1. The highest BCUT2D eigenvalue weighted by atomic mass is 16.5. The molecule has 2 fully saturated rings. The highest BCUT2D eigenvalue weighted by Crippen LogP contribution is 2.40. The van der Waals surface area contributed by atoms with Crippen LogP contribution in [0.2, 0.25) is 0 Å². The van der Waals surface area contributed by atoms with Gasteiger partial charge in [0.05, 0.1) is 7.11 Å². The highest BCUT2D eigenvalue weighted by molar-refractivity contribution is 5.79. The van der Waals surface area contributed by atoms with Crippen LogP contribution < -0.4 is 5.32 Å². The molecule has 3 heteroatoms. The van der Waals surface area contributed by atoms with Crippen LogP contribution in [-0.2, 0) is 9.53 Å². The molecule has 3 unspecified atom stereocenters. The Kier molecular flexibility index (Phi) is 4.31. The zero-order valence-electron chi connectivity index (χ0n) is 12.0. The summed E-state index contributed by atoms with van der Waals surface area (Å²) < 4.78 is 4.86. The minimum atomic E-state index is -0.555. The summed E-state index contributed by atoms with van der Waals surface area (Å²) in [5, 5.41) is 3.50. The van der Waals surface area contributed by atoms with Crippen LogP contribution >= 0.6 is 0 Å². The van der Waals surface area contributed by atoms with Crippen molar-refractivity contribution in [2.45, 2.75) is 70.4 Å². The fourth-order valence-corrected chi connectivity index (χ4v) is 3.83. The van der Waals surface area contributed by atoms with E-state index in [2.05, 4.69) is 5.32 Å². The molecule has 104 valence electrons. The minimum absolute atomic E-state index is 0.159. The number of carbonyl (C=O) groups excluding carboxylic acids is 1. The second-order valence-electron chi connectivity index (χ2n) is 6.58. The van der Waals surface area contributed by atoms with Crippen molar-refractivity contribution in [2.24, 2.45) is 11.8 Å². The number of fused-ring (bicyclic) bond motifs is 1. The van der Waals surface area contributed by atoms with Crippen molar-refractivity contribution >= 4 is 5.97 Å². The molecule has 0 aromatic heterocycles. The largest absolute Gasteiger partial charge is 0.468 e. The third kappa shape index (κ3) is 3.05. The number of hydrogen-bond acceptors (Lipinski definition) is 3. The molecule has 0 radical (unpaired) electrons. The fraction of sp³-hybridized carbons (Fsp3) is 0.933.